The lowest BCUT2D eigenvalue weighted by atomic mass is 9.76. The van der Waals surface area contributed by atoms with Crippen LogP contribution < -0.4 is 10.1 Å². The predicted molar refractivity (Wildman–Crippen MR) is 109 cm³/mol. The number of benzene rings is 2. The molecule has 1 fully saturated rings. The van der Waals surface area contributed by atoms with Gasteiger partial charge in [-0.25, -0.2) is 0 Å². The molecule has 0 radical (unpaired) electrons. The highest BCUT2D eigenvalue weighted by Crippen LogP contribution is 2.43. The molecule has 0 saturated carbocycles. The summed E-state index contributed by atoms with van der Waals surface area (Å²) in [6.07, 6.45) is -1.02. The first-order valence-electron chi connectivity index (χ1n) is 9.89. The number of amides is 2. The number of aliphatic hydroxyl groups is 1. The Balaban J connectivity index is 1.72. The Morgan fingerprint density at radius 1 is 1.27 bits per heavy atom. The first-order valence-corrected chi connectivity index (χ1v) is 9.89. The monoisotopic (exact) mass is 405 g/mol. The number of imide groups is 1. The van der Waals surface area contributed by atoms with Crippen LogP contribution in [0.4, 0.5) is 0 Å². The number of aliphatic hydroxyl groups excluding tert-OH is 1. The molecule has 0 spiro atoms. The van der Waals surface area contributed by atoms with Crippen molar-refractivity contribution in [2.24, 2.45) is 0 Å². The summed E-state index contributed by atoms with van der Waals surface area (Å²) >= 11 is 0. The van der Waals surface area contributed by atoms with Crippen molar-refractivity contribution in [2.75, 3.05) is 13.1 Å². The highest BCUT2D eigenvalue weighted by atomic mass is 16.5. The Bertz CT molecular complexity index is 1030. The molecule has 2 heterocycles. The Hall–Kier alpha value is -3.21. The molecule has 1 unspecified atom stereocenters. The summed E-state index contributed by atoms with van der Waals surface area (Å²) in [4.78, 5) is 27.6. The number of nitriles is 1. The zero-order chi connectivity index (χ0) is 21.5. The molecule has 2 aliphatic heterocycles. The normalized spacial score (nSPS) is 25.1. The first-order chi connectivity index (χ1) is 14.3. The van der Waals surface area contributed by atoms with E-state index in [0.717, 1.165) is 0 Å². The maximum atomic E-state index is 13.4. The van der Waals surface area contributed by atoms with Gasteiger partial charge in [-0.2, -0.15) is 5.26 Å². The molecule has 4 rings (SSSR count). The predicted octanol–water partition coefficient (Wildman–Crippen LogP) is 1.81. The van der Waals surface area contributed by atoms with Gasteiger partial charge in [-0.1, -0.05) is 18.2 Å². The number of piperazine rings is 1. The molecule has 2 amide bonds. The van der Waals surface area contributed by atoms with Gasteiger partial charge in [0.1, 0.15) is 17.5 Å². The number of fused-ring (bicyclic) bond motifs is 1. The average molecular weight is 405 g/mol. The first kappa shape index (κ1) is 20.1. The maximum Gasteiger partial charge on any atom is 0.260 e. The van der Waals surface area contributed by atoms with E-state index in [1.807, 2.05) is 6.07 Å². The lowest BCUT2D eigenvalue weighted by Gasteiger charge is -2.46. The number of nitrogens with zero attached hydrogens (tertiary/aromatic N) is 2. The molecule has 3 atom stereocenters. The molecular weight excluding hydrogens is 382 g/mol. The number of hydrogen-bond donors (Lipinski definition) is 2. The largest absolute Gasteiger partial charge is 0.485 e. The van der Waals surface area contributed by atoms with Crippen LogP contribution in [-0.4, -0.2) is 52.7 Å². The zero-order valence-electron chi connectivity index (χ0n) is 16.8. The summed E-state index contributed by atoms with van der Waals surface area (Å²) in [5.74, 6) is -0.907. The van der Waals surface area contributed by atoms with Gasteiger partial charge in [0.05, 0.1) is 17.7 Å². The van der Waals surface area contributed by atoms with E-state index >= 15 is 0 Å². The Kier molecular flexibility index (Phi) is 5.06. The van der Waals surface area contributed by atoms with E-state index in [1.165, 1.54) is 4.90 Å². The number of rotatable bonds is 2. The summed E-state index contributed by atoms with van der Waals surface area (Å²) < 4.78 is 5.95. The minimum atomic E-state index is -1.02. The third-order valence-corrected chi connectivity index (χ3v) is 5.78. The summed E-state index contributed by atoms with van der Waals surface area (Å²) in [6.45, 7) is 4.17. The summed E-state index contributed by atoms with van der Waals surface area (Å²) in [6, 6.07) is 14.9. The van der Waals surface area contributed by atoms with Gasteiger partial charge in [0.25, 0.3) is 5.91 Å². The van der Waals surface area contributed by atoms with Crippen LogP contribution in [0.3, 0.4) is 0 Å². The molecule has 2 aliphatic rings. The summed E-state index contributed by atoms with van der Waals surface area (Å²) in [5.41, 5.74) is 0.487. The molecule has 154 valence electrons. The highest BCUT2D eigenvalue weighted by Gasteiger charge is 2.50. The number of nitrogens with one attached hydrogen (secondary N) is 1. The Morgan fingerprint density at radius 3 is 2.70 bits per heavy atom. The lowest BCUT2D eigenvalue weighted by Crippen LogP contribution is -2.63. The van der Waals surface area contributed by atoms with Gasteiger partial charge >= 0.3 is 0 Å². The second kappa shape index (κ2) is 7.56. The quantitative estimate of drug-likeness (QED) is 0.739. The van der Waals surface area contributed by atoms with Gasteiger partial charge in [-0.05, 0) is 44.2 Å². The maximum absolute atomic E-state index is 13.4. The van der Waals surface area contributed by atoms with Crippen LogP contribution in [-0.2, 0) is 4.79 Å². The number of carbonyl (C=O) groups excluding carboxylic acids is 2. The van der Waals surface area contributed by atoms with Crippen LogP contribution in [0.1, 0.15) is 41.3 Å². The van der Waals surface area contributed by atoms with Crippen LogP contribution in [0, 0.1) is 11.3 Å². The van der Waals surface area contributed by atoms with Crippen LogP contribution in [0.2, 0.25) is 0 Å². The molecule has 0 bridgehead atoms. The second-order valence-corrected chi connectivity index (χ2v) is 8.13. The van der Waals surface area contributed by atoms with Crippen molar-refractivity contribution in [3.63, 3.8) is 0 Å². The van der Waals surface area contributed by atoms with E-state index in [0.29, 0.717) is 29.0 Å². The minimum absolute atomic E-state index is 0.247. The van der Waals surface area contributed by atoms with E-state index in [2.05, 4.69) is 11.4 Å². The van der Waals surface area contributed by atoms with Gasteiger partial charge in [0.2, 0.25) is 5.91 Å². The van der Waals surface area contributed by atoms with Gasteiger partial charge in [-0.15, -0.1) is 0 Å². The second-order valence-electron chi connectivity index (χ2n) is 8.13. The number of carbonyl (C=O) groups is 2. The minimum Gasteiger partial charge on any atom is -0.485 e. The van der Waals surface area contributed by atoms with Crippen molar-refractivity contribution in [1.82, 2.24) is 10.2 Å². The van der Waals surface area contributed by atoms with Crippen molar-refractivity contribution >= 4 is 11.8 Å². The van der Waals surface area contributed by atoms with E-state index in [9.17, 15) is 20.0 Å². The van der Waals surface area contributed by atoms with Crippen molar-refractivity contribution in [3.05, 3.63) is 65.2 Å². The average Bonchev–Trinajstić information content (AvgIpc) is 2.75. The van der Waals surface area contributed by atoms with E-state index < -0.39 is 29.6 Å². The van der Waals surface area contributed by atoms with Crippen LogP contribution >= 0.6 is 0 Å². The van der Waals surface area contributed by atoms with Crippen molar-refractivity contribution < 1.29 is 19.4 Å². The van der Waals surface area contributed by atoms with Gasteiger partial charge in [-0.3, -0.25) is 14.5 Å². The topological polar surface area (TPSA) is 103 Å². The van der Waals surface area contributed by atoms with Crippen molar-refractivity contribution in [2.45, 2.75) is 37.5 Å². The number of hydrogen-bond acceptors (Lipinski definition) is 6. The highest BCUT2D eigenvalue weighted by molar-refractivity contribution is 6.06. The fraction of sp³-hybridized carbons (Fsp3) is 0.348. The van der Waals surface area contributed by atoms with E-state index in [4.69, 9.17) is 4.74 Å². The zero-order valence-corrected chi connectivity index (χ0v) is 16.8. The molecule has 0 aliphatic carbocycles. The van der Waals surface area contributed by atoms with E-state index in [-0.39, 0.29) is 12.5 Å². The molecule has 2 aromatic rings. The van der Waals surface area contributed by atoms with Gasteiger partial charge in [0.15, 0.2) is 0 Å². The Morgan fingerprint density at radius 2 is 2.00 bits per heavy atom. The molecular formula is C23H23N3O4. The lowest BCUT2D eigenvalue weighted by molar-refractivity contribution is -0.137. The number of ether oxygens (including phenoxy) is 1. The van der Waals surface area contributed by atoms with Crippen LogP contribution in [0.5, 0.6) is 5.75 Å². The SMILES string of the molecule is CC1(C)Oc2ccc(C#N)cc2[C@H](C2NCCN(C(=O)c3ccccc3)C2=O)[C@H]1O. The van der Waals surface area contributed by atoms with E-state index in [1.54, 1.807) is 56.3 Å². The fourth-order valence-electron chi connectivity index (χ4n) is 4.20. The van der Waals surface area contributed by atoms with Gasteiger partial charge in [0, 0.05) is 30.1 Å². The molecule has 2 aromatic carbocycles. The van der Waals surface area contributed by atoms with Crippen molar-refractivity contribution in [3.8, 4) is 11.8 Å². The molecule has 7 heteroatoms. The Labute approximate surface area is 174 Å². The molecule has 0 aromatic heterocycles. The summed E-state index contributed by atoms with van der Waals surface area (Å²) in [5, 5.41) is 23.6. The molecule has 7 nitrogen and oxygen atoms in total. The standard InChI is InChI=1S/C23H23N3O4/c1-23(2)20(27)18(16-12-14(13-24)8-9-17(16)30-23)19-22(29)26(11-10-25-19)21(28)15-6-4-3-5-7-15/h3-9,12,18-20,25,27H,10-11H2,1-2H3/t18-,19?,20-/m1/s1. The molecule has 1 saturated heterocycles. The van der Waals surface area contributed by atoms with Gasteiger partial charge < -0.3 is 15.2 Å². The summed E-state index contributed by atoms with van der Waals surface area (Å²) in [7, 11) is 0. The third kappa shape index (κ3) is 3.34. The molecule has 30 heavy (non-hydrogen) atoms. The van der Waals surface area contributed by atoms with Crippen molar-refractivity contribution in [1.29, 1.82) is 5.26 Å². The fourth-order valence-corrected chi connectivity index (χ4v) is 4.20. The third-order valence-electron chi connectivity index (χ3n) is 5.78. The van der Waals surface area contributed by atoms with Crippen LogP contribution in [0.15, 0.2) is 48.5 Å². The molecule has 2 N–H and O–H groups in total. The van der Waals surface area contributed by atoms with Crippen LogP contribution in [0.25, 0.3) is 0 Å². The smallest absolute Gasteiger partial charge is 0.260 e.